The van der Waals surface area contributed by atoms with Crippen LogP contribution >= 0.6 is 0 Å². The van der Waals surface area contributed by atoms with Crippen molar-refractivity contribution in [2.24, 2.45) is 5.92 Å². The molecular formula is C11H23NO. The molecule has 1 rings (SSSR count). The first-order chi connectivity index (χ1) is 6.24. The van der Waals surface area contributed by atoms with Crippen LogP contribution in [0.1, 0.15) is 39.0 Å². The van der Waals surface area contributed by atoms with Crippen molar-refractivity contribution in [1.82, 2.24) is 4.90 Å². The van der Waals surface area contributed by atoms with Crippen LogP contribution in [0.5, 0.6) is 0 Å². The molecule has 1 aliphatic rings. The highest BCUT2D eigenvalue weighted by Crippen LogP contribution is 2.24. The fraction of sp³-hybridized carbons (Fsp3) is 1.00. The second-order valence-corrected chi connectivity index (χ2v) is 4.37. The van der Waals surface area contributed by atoms with Crippen LogP contribution in [0.3, 0.4) is 0 Å². The Morgan fingerprint density at radius 1 is 1.31 bits per heavy atom. The second kappa shape index (κ2) is 5.61. The van der Waals surface area contributed by atoms with E-state index in [1.54, 1.807) is 0 Å². The number of rotatable bonds is 4. The van der Waals surface area contributed by atoms with Crippen LogP contribution < -0.4 is 0 Å². The standard InChI is InChI=1S/C11H23NO/c1-3-8-12(2)9-10-6-4-5-7-11(10)13/h10-11,13H,3-9H2,1-2H3. The lowest BCUT2D eigenvalue weighted by atomic mass is 9.86. The van der Waals surface area contributed by atoms with E-state index in [-0.39, 0.29) is 6.10 Å². The number of hydrogen-bond donors (Lipinski definition) is 1. The van der Waals surface area contributed by atoms with Crippen molar-refractivity contribution in [3.05, 3.63) is 0 Å². The molecule has 0 aromatic carbocycles. The predicted molar refractivity (Wildman–Crippen MR) is 55.8 cm³/mol. The Hall–Kier alpha value is -0.0800. The summed E-state index contributed by atoms with van der Waals surface area (Å²) in [6, 6.07) is 0. The molecule has 1 aliphatic carbocycles. The third-order valence-corrected chi connectivity index (χ3v) is 3.02. The van der Waals surface area contributed by atoms with E-state index in [0.717, 1.165) is 19.5 Å². The van der Waals surface area contributed by atoms with E-state index in [1.165, 1.54) is 25.7 Å². The molecule has 0 heterocycles. The fourth-order valence-corrected chi connectivity index (χ4v) is 2.27. The minimum Gasteiger partial charge on any atom is -0.393 e. The first-order valence-corrected chi connectivity index (χ1v) is 5.60. The van der Waals surface area contributed by atoms with Crippen LogP contribution in [0.4, 0.5) is 0 Å². The Balaban J connectivity index is 2.25. The molecule has 2 heteroatoms. The Labute approximate surface area is 81.9 Å². The summed E-state index contributed by atoms with van der Waals surface area (Å²) in [5.41, 5.74) is 0. The molecule has 2 unspecified atom stereocenters. The molecule has 2 nitrogen and oxygen atoms in total. The zero-order valence-electron chi connectivity index (χ0n) is 9.00. The summed E-state index contributed by atoms with van der Waals surface area (Å²) in [6.07, 6.45) is 5.93. The van der Waals surface area contributed by atoms with Crippen molar-refractivity contribution in [3.63, 3.8) is 0 Å². The highest BCUT2D eigenvalue weighted by atomic mass is 16.3. The van der Waals surface area contributed by atoms with Crippen LogP contribution in [0.2, 0.25) is 0 Å². The van der Waals surface area contributed by atoms with Crippen LogP contribution in [0.25, 0.3) is 0 Å². The molecule has 13 heavy (non-hydrogen) atoms. The van der Waals surface area contributed by atoms with E-state index in [9.17, 15) is 5.11 Å². The Bertz CT molecular complexity index is 138. The summed E-state index contributed by atoms with van der Waals surface area (Å²) in [6.45, 7) is 4.44. The van der Waals surface area contributed by atoms with E-state index in [0.29, 0.717) is 5.92 Å². The smallest absolute Gasteiger partial charge is 0.0580 e. The van der Waals surface area contributed by atoms with Crippen molar-refractivity contribution < 1.29 is 5.11 Å². The Morgan fingerprint density at radius 3 is 2.62 bits per heavy atom. The van der Waals surface area contributed by atoms with E-state index in [2.05, 4.69) is 18.9 Å². The molecule has 0 aromatic rings. The normalized spacial score (nSPS) is 29.5. The van der Waals surface area contributed by atoms with Crippen molar-refractivity contribution in [1.29, 1.82) is 0 Å². The van der Waals surface area contributed by atoms with Gasteiger partial charge in [-0.1, -0.05) is 19.8 Å². The van der Waals surface area contributed by atoms with E-state index in [1.807, 2.05) is 0 Å². The lowest BCUT2D eigenvalue weighted by molar-refractivity contribution is 0.0515. The summed E-state index contributed by atoms with van der Waals surface area (Å²) >= 11 is 0. The minimum atomic E-state index is -0.0342. The molecule has 0 aliphatic heterocycles. The molecule has 0 radical (unpaired) electrons. The van der Waals surface area contributed by atoms with Gasteiger partial charge in [-0.25, -0.2) is 0 Å². The molecule has 1 N–H and O–H groups in total. The average Bonchev–Trinajstić information content (AvgIpc) is 2.09. The number of aliphatic hydroxyl groups excluding tert-OH is 1. The minimum absolute atomic E-state index is 0.0342. The highest BCUT2D eigenvalue weighted by molar-refractivity contribution is 4.76. The van der Waals surface area contributed by atoms with Gasteiger partial charge < -0.3 is 10.0 Å². The highest BCUT2D eigenvalue weighted by Gasteiger charge is 2.23. The van der Waals surface area contributed by atoms with E-state index in [4.69, 9.17) is 0 Å². The van der Waals surface area contributed by atoms with Gasteiger partial charge in [0.15, 0.2) is 0 Å². The summed E-state index contributed by atoms with van der Waals surface area (Å²) in [5, 5.41) is 9.76. The van der Waals surface area contributed by atoms with Crippen molar-refractivity contribution >= 4 is 0 Å². The zero-order valence-corrected chi connectivity index (χ0v) is 9.00. The summed E-state index contributed by atoms with van der Waals surface area (Å²) in [4.78, 5) is 2.35. The van der Waals surface area contributed by atoms with Crippen LogP contribution in [-0.4, -0.2) is 36.2 Å². The topological polar surface area (TPSA) is 23.5 Å². The Morgan fingerprint density at radius 2 is 2.00 bits per heavy atom. The molecule has 1 saturated carbocycles. The molecule has 0 saturated heterocycles. The SMILES string of the molecule is CCCN(C)CC1CCCCC1O. The van der Waals surface area contributed by atoms with Gasteiger partial charge in [-0.3, -0.25) is 0 Å². The monoisotopic (exact) mass is 185 g/mol. The van der Waals surface area contributed by atoms with E-state index >= 15 is 0 Å². The molecule has 2 atom stereocenters. The Kier molecular flexibility index (Phi) is 4.74. The first kappa shape index (κ1) is 11.0. The maximum atomic E-state index is 9.76. The molecule has 0 aromatic heterocycles. The molecule has 78 valence electrons. The maximum Gasteiger partial charge on any atom is 0.0580 e. The van der Waals surface area contributed by atoms with Crippen LogP contribution in [0, 0.1) is 5.92 Å². The quantitative estimate of drug-likeness (QED) is 0.723. The van der Waals surface area contributed by atoms with Gasteiger partial charge in [0, 0.05) is 6.54 Å². The van der Waals surface area contributed by atoms with Crippen molar-refractivity contribution in [2.75, 3.05) is 20.1 Å². The maximum absolute atomic E-state index is 9.76. The third kappa shape index (κ3) is 3.65. The first-order valence-electron chi connectivity index (χ1n) is 5.60. The summed E-state index contributed by atoms with van der Waals surface area (Å²) in [7, 11) is 2.16. The van der Waals surface area contributed by atoms with Crippen LogP contribution in [-0.2, 0) is 0 Å². The predicted octanol–water partition coefficient (Wildman–Crippen LogP) is 1.88. The molecule has 1 fully saturated rings. The van der Waals surface area contributed by atoms with Gasteiger partial charge >= 0.3 is 0 Å². The lowest BCUT2D eigenvalue weighted by Gasteiger charge is -2.31. The molecule has 0 spiro atoms. The van der Waals surface area contributed by atoms with Gasteiger partial charge in [0.25, 0.3) is 0 Å². The number of nitrogens with zero attached hydrogens (tertiary/aromatic N) is 1. The molecule has 0 amide bonds. The third-order valence-electron chi connectivity index (χ3n) is 3.02. The van der Waals surface area contributed by atoms with Crippen LogP contribution in [0.15, 0.2) is 0 Å². The molecule has 0 bridgehead atoms. The number of aliphatic hydroxyl groups is 1. The van der Waals surface area contributed by atoms with Gasteiger partial charge in [-0.15, -0.1) is 0 Å². The van der Waals surface area contributed by atoms with Gasteiger partial charge in [-0.05, 0) is 38.8 Å². The summed E-state index contributed by atoms with van der Waals surface area (Å²) < 4.78 is 0. The number of hydrogen-bond acceptors (Lipinski definition) is 2. The van der Waals surface area contributed by atoms with Crippen molar-refractivity contribution in [3.8, 4) is 0 Å². The van der Waals surface area contributed by atoms with Gasteiger partial charge in [0.05, 0.1) is 6.10 Å². The lowest BCUT2D eigenvalue weighted by Crippen LogP contribution is -2.35. The average molecular weight is 185 g/mol. The van der Waals surface area contributed by atoms with E-state index < -0.39 is 0 Å². The molecular weight excluding hydrogens is 162 g/mol. The largest absolute Gasteiger partial charge is 0.393 e. The van der Waals surface area contributed by atoms with Crippen molar-refractivity contribution in [2.45, 2.75) is 45.1 Å². The zero-order chi connectivity index (χ0) is 9.68. The van der Waals surface area contributed by atoms with Gasteiger partial charge in [0.1, 0.15) is 0 Å². The fourth-order valence-electron chi connectivity index (χ4n) is 2.27. The van der Waals surface area contributed by atoms with Gasteiger partial charge in [-0.2, -0.15) is 0 Å². The summed E-state index contributed by atoms with van der Waals surface area (Å²) in [5.74, 6) is 0.533. The second-order valence-electron chi connectivity index (χ2n) is 4.37. The van der Waals surface area contributed by atoms with Gasteiger partial charge in [0.2, 0.25) is 0 Å².